The van der Waals surface area contributed by atoms with E-state index < -0.39 is 6.10 Å². The molecule has 1 atom stereocenters. The first-order chi connectivity index (χ1) is 30.6. The second-order valence-corrected chi connectivity index (χ2v) is 16.9. The van der Waals surface area contributed by atoms with Crippen LogP contribution in [0.2, 0.25) is 0 Å². The summed E-state index contributed by atoms with van der Waals surface area (Å²) in [7, 11) is 0. The Morgan fingerprint density at radius 2 is 0.694 bits per heavy atom. The first kappa shape index (κ1) is 58.8. The predicted molar refractivity (Wildman–Crippen MR) is 269 cm³/mol. The average Bonchev–Trinajstić information content (AvgIpc) is 3.28. The van der Waals surface area contributed by atoms with Crippen molar-refractivity contribution in [2.24, 2.45) is 0 Å². The van der Waals surface area contributed by atoms with Crippen LogP contribution in [0, 0.1) is 0 Å². The summed E-state index contributed by atoms with van der Waals surface area (Å²) in [5.41, 5.74) is 0. The zero-order chi connectivity index (χ0) is 44.9. The van der Waals surface area contributed by atoms with E-state index in [1.807, 2.05) is 0 Å². The quantitative estimate of drug-likeness (QED) is 0.0375. The number of hydrogen-bond donors (Lipinski definition) is 1. The van der Waals surface area contributed by atoms with Gasteiger partial charge >= 0.3 is 11.9 Å². The lowest BCUT2D eigenvalue weighted by molar-refractivity contribution is -0.161. The molecule has 0 amide bonds. The van der Waals surface area contributed by atoms with Gasteiger partial charge in [-0.1, -0.05) is 220 Å². The van der Waals surface area contributed by atoms with Crippen molar-refractivity contribution in [3.63, 3.8) is 0 Å². The molecule has 0 aliphatic rings. The van der Waals surface area contributed by atoms with E-state index >= 15 is 0 Å². The van der Waals surface area contributed by atoms with Gasteiger partial charge in [0.05, 0.1) is 6.61 Å². The number of hydrogen-bond acceptors (Lipinski definition) is 5. The van der Waals surface area contributed by atoms with Gasteiger partial charge in [0.25, 0.3) is 0 Å². The van der Waals surface area contributed by atoms with Gasteiger partial charge in [0.15, 0.2) is 6.10 Å². The molecule has 0 saturated heterocycles. The Bertz CT molecular complexity index is 1200. The molecule has 1 N–H and O–H groups in total. The van der Waals surface area contributed by atoms with Gasteiger partial charge in [-0.25, -0.2) is 0 Å². The molecule has 0 fully saturated rings. The van der Waals surface area contributed by atoms with Gasteiger partial charge in [-0.05, 0) is 96.3 Å². The van der Waals surface area contributed by atoms with Crippen LogP contribution in [0.3, 0.4) is 0 Å². The molecule has 0 spiro atoms. The third-order valence-corrected chi connectivity index (χ3v) is 10.9. The van der Waals surface area contributed by atoms with Gasteiger partial charge in [0.2, 0.25) is 0 Å². The van der Waals surface area contributed by atoms with Crippen LogP contribution >= 0.6 is 0 Å². The lowest BCUT2D eigenvalue weighted by Crippen LogP contribution is -2.28. The summed E-state index contributed by atoms with van der Waals surface area (Å²) in [6.07, 6.45) is 73.6. The Balaban J connectivity index is 3.57. The Morgan fingerprint density at radius 1 is 0.387 bits per heavy atom. The first-order valence-electron chi connectivity index (χ1n) is 25.8. The minimum absolute atomic E-state index is 0.0880. The molecule has 0 bridgehead atoms. The molecule has 0 aromatic rings. The molecule has 1 unspecified atom stereocenters. The third kappa shape index (κ3) is 49.5. The molecule has 0 aliphatic carbocycles. The lowest BCUT2D eigenvalue weighted by Gasteiger charge is -2.15. The molecule has 0 aromatic carbocycles. The maximum absolute atomic E-state index is 12.2. The first-order valence-corrected chi connectivity index (χ1v) is 25.8. The SMILES string of the molecule is CC/C=C\C/C=C\C/C=C\C/C=C\C/C=C\C/C=C\CCCCC(=O)OC(CO)COC(=O)CCCCCCCCCCCCCCCCC/C=C\C/C=C\CCCCCCC. The van der Waals surface area contributed by atoms with E-state index in [-0.39, 0.29) is 25.2 Å². The van der Waals surface area contributed by atoms with Crippen LogP contribution in [0.4, 0.5) is 0 Å². The van der Waals surface area contributed by atoms with Crippen LogP contribution < -0.4 is 0 Å². The number of rotatable bonds is 46. The molecule has 62 heavy (non-hydrogen) atoms. The number of ether oxygens (including phenoxy) is 2. The van der Waals surface area contributed by atoms with Crippen molar-refractivity contribution in [2.45, 2.75) is 238 Å². The topological polar surface area (TPSA) is 72.8 Å². The average molecular weight is 861 g/mol. The number of allylic oxidation sites excluding steroid dienone is 16. The molecule has 0 aromatic heterocycles. The highest BCUT2D eigenvalue weighted by Gasteiger charge is 2.16. The standard InChI is InChI=1S/C57H96O5/c1-3-5-7-9-11-13-15-17-19-21-23-25-26-27-28-29-30-32-33-35-37-39-41-43-45-47-49-51-56(59)61-54-55(53-58)62-57(60)52-50-48-46-44-42-40-38-36-34-31-24-22-20-18-16-14-12-10-8-6-4-2/h6,8,12,14-15,17-18,20-21,23-24,31,36,38,42,44,55,58H,3-5,7,9-11,13,16,19,22,25-30,32-35,37,39-41,43,45-54H2,1-2H3/b8-6-,14-12-,17-15-,20-18-,23-21-,31-24-,38-36-,44-42-. The summed E-state index contributed by atoms with van der Waals surface area (Å²) in [6.45, 7) is 3.99. The van der Waals surface area contributed by atoms with Crippen LogP contribution in [0.15, 0.2) is 97.2 Å². The fourth-order valence-corrected chi connectivity index (χ4v) is 7.00. The number of carbonyl (C=O) groups is 2. The lowest BCUT2D eigenvalue weighted by atomic mass is 10.0. The largest absolute Gasteiger partial charge is 0.462 e. The summed E-state index contributed by atoms with van der Waals surface area (Å²) in [4.78, 5) is 24.4. The molecule has 0 saturated carbocycles. The molecule has 0 aliphatic heterocycles. The number of esters is 2. The predicted octanol–water partition coefficient (Wildman–Crippen LogP) is 17.2. The van der Waals surface area contributed by atoms with E-state index in [1.165, 1.54) is 122 Å². The van der Waals surface area contributed by atoms with Gasteiger partial charge < -0.3 is 14.6 Å². The molecule has 0 heterocycles. The monoisotopic (exact) mass is 861 g/mol. The zero-order valence-corrected chi connectivity index (χ0v) is 40.4. The van der Waals surface area contributed by atoms with E-state index in [1.54, 1.807) is 0 Å². The summed E-state index contributed by atoms with van der Waals surface area (Å²) in [6, 6.07) is 0. The van der Waals surface area contributed by atoms with Crippen LogP contribution in [-0.2, 0) is 19.1 Å². The fourth-order valence-electron chi connectivity index (χ4n) is 7.00. The number of carbonyl (C=O) groups excluding carboxylic acids is 2. The van der Waals surface area contributed by atoms with Crippen molar-refractivity contribution in [2.75, 3.05) is 13.2 Å². The highest BCUT2D eigenvalue weighted by molar-refractivity contribution is 5.70. The Labute approximate surface area is 383 Å². The second kappa shape index (κ2) is 52.2. The van der Waals surface area contributed by atoms with Crippen molar-refractivity contribution >= 4 is 11.9 Å². The maximum atomic E-state index is 12.2. The van der Waals surface area contributed by atoms with Crippen LogP contribution in [0.25, 0.3) is 0 Å². The molecule has 0 rings (SSSR count). The van der Waals surface area contributed by atoms with Gasteiger partial charge in [-0.2, -0.15) is 0 Å². The van der Waals surface area contributed by atoms with Crippen molar-refractivity contribution < 1.29 is 24.2 Å². The normalized spacial score (nSPS) is 13.0. The van der Waals surface area contributed by atoms with E-state index in [9.17, 15) is 14.7 Å². The Hall–Kier alpha value is -3.18. The second-order valence-electron chi connectivity index (χ2n) is 16.9. The molecule has 0 radical (unpaired) electrons. The van der Waals surface area contributed by atoms with E-state index in [0.717, 1.165) is 83.5 Å². The van der Waals surface area contributed by atoms with Gasteiger partial charge in [0.1, 0.15) is 6.61 Å². The minimum atomic E-state index is -0.801. The maximum Gasteiger partial charge on any atom is 0.306 e. The molecule has 5 heteroatoms. The van der Waals surface area contributed by atoms with Gasteiger partial charge in [-0.3, -0.25) is 9.59 Å². The molecular weight excluding hydrogens is 765 g/mol. The highest BCUT2D eigenvalue weighted by Crippen LogP contribution is 2.15. The van der Waals surface area contributed by atoms with Crippen molar-refractivity contribution in [1.29, 1.82) is 0 Å². The molecule has 354 valence electrons. The van der Waals surface area contributed by atoms with Crippen LogP contribution in [-0.4, -0.2) is 36.4 Å². The molecule has 5 nitrogen and oxygen atoms in total. The summed E-state index contributed by atoms with van der Waals surface area (Å²) < 4.78 is 10.6. The van der Waals surface area contributed by atoms with Crippen molar-refractivity contribution in [3.05, 3.63) is 97.2 Å². The molecular formula is C57H96O5. The van der Waals surface area contributed by atoms with Crippen molar-refractivity contribution in [3.8, 4) is 0 Å². The van der Waals surface area contributed by atoms with E-state index in [2.05, 4.69) is 111 Å². The number of aliphatic hydroxyl groups excluding tert-OH is 1. The Morgan fingerprint density at radius 3 is 1.08 bits per heavy atom. The zero-order valence-electron chi connectivity index (χ0n) is 40.4. The fraction of sp³-hybridized carbons (Fsp3) is 0.684. The third-order valence-electron chi connectivity index (χ3n) is 10.9. The number of aliphatic hydroxyl groups is 1. The van der Waals surface area contributed by atoms with Gasteiger partial charge in [-0.15, -0.1) is 0 Å². The van der Waals surface area contributed by atoms with E-state index in [4.69, 9.17) is 9.47 Å². The Kier molecular flexibility index (Phi) is 49.5. The van der Waals surface area contributed by atoms with Gasteiger partial charge in [0, 0.05) is 12.8 Å². The minimum Gasteiger partial charge on any atom is -0.462 e. The summed E-state index contributed by atoms with van der Waals surface area (Å²) >= 11 is 0. The smallest absolute Gasteiger partial charge is 0.306 e. The van der Waals surface area contributed by atoms with Crippen LogP contribution in [0.1, 0.15) is 232 Å². The van der Waals surface area contributed by atoms with E-state index in [0.29, 0.717) is 12.8 Å². The van der Waals surface area contributed by atoms with Crippen molar-refractivity contribution in [1.82, 2.24) is 0 Å². The number of unbranched alkanes of at least 4 members (excludes halogenated alkanes) is 22. The summed E-state index contributed by atoms with van der Waals surface area (Å²) in [5.74, 6) is -0.643. The van der Waals surface area contributed by atoms with Crippen LogP contribution in [0.5, 0.6) is 0 Å². The summed E-state index contributed by atoms with van der Waals surface area (Å²) in [5, 5.41) is 9.62. The highest BCUT2D eigenvalue weighted by atomic mass is 16.6.